The number of hydrogen-bond donors (Lipinski definition) is 3. The minimum atomic E-state index is -0.727. The molecule has 0 heterocycles. The molecule has 3 fully saturated rings. The third-order valence-corrected chi connectivity index (χ3v) is 7.00. The molecular weight excluding hydrogens is 328 g/mol. The van der Waals surface area contributed by atoms with Gasteiger partial charge in [0, 0.05) is 12.3 Å². The Kier molecular flexibility index (Phi) is 6.57. The van der Waals surface area contributed by atoms with Gasteiger partial charge < -0.3 is 15.3 Å². The van der Waals surface area contributed by atoms with Crippen molar-refractivity contribution in [3.05, 3.63) is 23.8 Å². The number of aliphatic hydroxyl groups is 2. The molecule has 0 spiro atoms. The Labute approximate surface area is 157 Å². The Bertz CT molecular complexity index is 546. The van der Waals surface area contributed by atoms with Crippen LogP contribution in [0, 0.1) is 29.6 Å². The van der Waals surface area contributed by atoms with E-state index in [9.17, 15) is 15.0 Å². The second-order valence-electron chi connectivity index (χ2n) is 8.74. The van der Waals surface area contributed by atoms with Gasteiger partial charge in [-0.15, -0.1) is 0 Å². The number of carboxylic acid groups (broad SMARTS) is 1. The molecule has 3 N–H and O–H groups in total. The number of carboxylic acids is 1. The van der Waals surface area contributed by atoms with Crippen molar-refractivity contribution in [2.75, 3.05) is 0 Å². The third-order valence-electron chi connectivity index (χ3n) is 7.00. The van der Waals surface area contributed by atoms with E-state index in [0.717, 1.165) is 44.4 Å². The van der Waals surface area contributed by atoms with Gasteiger partial charge in [-0.1, -0.05) is 37.1 Å². The predicted molar refractivity (Wildman–Crippen MR) is 102 cm³/mol. The minimum absolute atomic E-state index is 0.154. The summed E-state index contributed by atoms with van der Waals surface area (Å²) in [7, 11) is 0. The van der Waals surface area contributed by atoms with Crippen molar-refractivity contribution in [3.63, 3.8) is 0 Å². The van der Waals surface area contributed by atoms with Crippen LogP contribution >= 0.6 is 0 Å². The van der Waals surface area contributed by atoms with Crippen LogP contribution in [-0.2, 0) is 4.79 Å². The van der Waals surface area contributed by atoms with Gasteiger partial charge in [0.2, 0.25) is 0 Å². The summed E-state index contributed by atoms with van der Waals surface area (Å²) in [5.41, 5.74) is 1.43. The van der Waals surface area contributed by atoms with Gasteiger partial charge in [0.05, 0.1) is 12.2 Å². The van der Waals surface area contributed by atoms with Gasteiger partial charge in [-0.25, -0.2) is 0 Å². The molecule has 3 rings (SSSR count). The van der Waals surface area contributed by atoms with Crippen molar-refractivity contribution in [1.82, 2.24) is 0 Å². The maximum absolute atomic E-state index is 10.6. The van der Waals surface area contributed by atoms with Gasteiger partial charge in [0.25, 0.3) is 0 Å². The highest BCUT2D eigenvalue weighted by atomic mass is 16.4. The number of carbonyl (C=O) groups is 1. The van der Waals surface area contributed by atoms with Gasteiger partial charge in [-0.05, 0) is 68.6 Å². The van der Waals surface area contributed by atoms with Crippen LogP contribution in [0.5, 0.6) is 0 Å². The Hall–Kier alpha value is -1.13. The SMILES string of the molecule is CCC1CC([C@@H](O)/C=C/[C@@H]2[C@H]3C/C(=C/CCCC(=O)O)C[C@@H]3C[C@H]2O)C1. The molecule has 0 aromatic carbocycles. The molecular formula is C22H34O4. The van der Waals surface area contributed by atoms with Crippen molar-refractivity contribution < 1.29 is 20.1 Å². The first-order valence-corrected chi connectivity index (χ1v) is 10.4. The first-order valence-electron chi connectivity index (χ1n) is 10.4. The van der Waals surface area contributed by atoms with Gasteiger partial charge in [-0.3, -0.25) is 4.79 Å². The molecule has 4 heteroatoms. The largest absolute Gasteiger partial charge is 0.481 e. The second kappa shape index (κ2) is 8.71. The molecule has 3 aliphatic rings. The van der Waals surface area contributed by atoms with Crippen LogP contribution in [0.2, 0.25) is 0 Å². The summed E-state index contributed by atoms with van der Waals surface area (Å²) in [6, 6.07) is 0. The standard InChI is InChI=1S/C22H34O4/c1-2-14-9-17(10-14)20(23)8-7-18-19-12-15(5-3-4-6-22(25)26)11-16(19)13-21(18)24/h5,7-8,14,16-21,23-24H,2-4,6,9-13H2,1H3,(H,25,26)/b8-7+,15-5+/t14?,16-,17?,18-,19+,20+,21-/m1/s1. The lowest BCUT2D eigenvalue weighted by Gasteiger charge is -2.37. The van der Waals surface area contributed by atoms with Crippen LogP contribution < -0.4 is 0 Å². The Morgan fingerprint density at radius 2 is 2.04 bits per heavy atom. The maximum Gasteiger partial charge on any atom is 0.303 e. The fraction of sp³-hybridized carbons (Fsp3) is 0.773. The van der Waals surface area contributed by atoms with Crippen molar-refractivity contribution in [1.29, 1.82) is 0 Å². The van der Waals surface area contributed by atoms with E-state index in [0.29, 0.717) is 24.2 Å². The van der Waals surface area contributed by atoms with Crippen LogP contribution in [0.3, 0.4) is 0 Å². The van der Waals surface area contributed by atoms with Crippen LogP contribution in [0.1, 0.15) is 64.7 Å². The molecule has 0 unspecified atom stereocenters. The summed E-state index contributed by atoms with van der Waals surface area (Å²) >= 11 is 0. The van der Waals surface area contributed by atoms with Crippen LogP contribution in [-0.4, -0.2) is 33.5 Å². The molecule has 4 nitrogen and oxygen atoms in total. The first kappa shape index (κ1) is 19.6. The highest BCUT2D eigenvalue weighted by molar-refractivity contribution is 5.66. The first-order chi connectivity index (χ1) is 12.5. The van der Waals surface area contributed by atoms with E-state index in [1.807, 2.05) is 6.08 Å². The number of hydrogen-bond acceptors (Lipinski definition) is 3. The lowest BCUT2D eigenvalue weighted by atomic mass is 9.70. The summed E-state index contributed by atoms with van der Waals surface area (Å²) in [6.45, 7) is 2.21. The van der Waals surface area contributed by atoms with E-state index in [1.165, 1.54) is 12.0 Å². The summed E-state index contributed by atoms with van der Waals surface area (Å²) in [4.78, 5) is 10.6. The number of fused-ring (bicyclic) bond motifs is 1. The number of aliphatic carboxylic acids is 1. The zero-order chi connectivity index (χ0) is 18.7. The highest BCUT2D eigenvalue weighted by Crippen LogP contribution is 2.50. The summed E-state index contributed by atoms with van der Waals surface area (Å²) < 4.78 is 0. The third kappa shape index (κ3) is 4.58. The fourth-order valence-electron chi connectivity index (χ4n) is 5.30. The van der Waals surface area contributed by atoms with E-state index in [-0.39, 0.29) is 24.5 Å². The molecule has 0 radical (unpaired) electrons. The maximum atomic E-state index is 10.6. The summed E-state index contributed by atoms with van der Waals surface area (Å²) in [5, 5.41) is 29.5. The van der Waals surface area contributed by atoms with Gasteiger partial charge >= 0.3 is 5.97 Å². The molecule has 146 valence electrons. The molecule has 0 saturated heterocycles. The number of allylic oxidation sites excluding steroid dienone is 2. The van der Waals surface area contributed by atoms with Crippen LogP contribution in [0.4, 0.5) is 0 Å². The molecule has 0 aromatic rings. The average molecular weight is 363 g/mol. The zero-order valence-electron chi connectivity index (χ0n) is 15.9. The minimum Gasteiger partial charge on any atom is -0.481 e. The number of unbranched alkanes of at least 4 members (excludes halogenated alkanes) is 1. The lowest BCUT2D eigenvalue weighted by molar-refractivity contribution is -0.137. The summed E-state index contributed by atoms with van der Waals surface area (Å²) in [5.74, 6) is 1.63. The van der Waals surface area contributed by atoms with E-state index >= 15 is 0 Å². The van der Waals surface area contributed by atoms with Crippen molar-refractivity contribution in [2.24, 2.45) is 29.6 Å². The fourth-order valence-corrected chi connectivity index (χ4v) is 5.30. The van der Waals surface area contributed by atoms with E-state index in [1.54, 1.807) is 0 Å². The molecule has 3 aliphatic carbocycles. The molecule has 0 aromatic heterocycles. The van der Waals surface area contributed by atoms with Crippen LogP contribution in [0.15, 0.2) is 23.8 Å². The number of rotatable bonds is 8. The molecule has 0 bridgehead atoms. The molecule has 5 atom stereocenters. The van der Waals surface area contributed by atoms with E-state index < -0.39 is 5.97 Å². The molecule has 0 aliphatic heterocycles. The van der Waals surface area contributed by atoms with Crippen molar-refractivity contribution in [3.8, 4) is 0 Å². The van der Waals surface area contributed by atoms with Gasteiger partial charge in [0.1, 0.15) is 0 Å². The zero-order valence-corrected chi connectivity index (χ0v) is 15.9. The van der Waals surface area contributed by atoms with Gasteiger partial charge in [-0.2, -0.15) is 0 Å². The quantitative estimate of drug-likeness (QED) is 0.452. The Balaban J connectivity index is 1.50. The van der Waals surface area contributed by atoms with Gasteiger partial charge in [0.15, 0.2) is 0 Å². The van der Waals surface area contributed by atoms with Crippen molar-refractivity contribution in [2.45, 2.75) is 76.9 Å². The smallest absolute Gasteiger partial charge is 0.303 e. The van der Waals surface area contributed by atoms with E-state index in [4.69, 9.17) is 5.11 Å². The normalized spacial score (nSPS) is 39.3. The number of aliphatic hydroxyl groups excluding tert-OH is 2. The monoisotopic (exact) mass is 362 g/mol. The average Bonchev–Trinajstić information content (AvgIpc) is 3.05. The highest BCUT2D eigenvalue weighted by Gasteiger charge is 2.45. The topological polar surface area (TPSA) is 77.8 Å². The molecule has 3 saturated carbocycles. The Morgan fingerprint density at radius 1 is 1.27 bits per heavy atom. The lowest BCUT2D eigenvalue weighted by Crippen LogP contribution is -2.32. The predicted octanol–water partition coefficient (Wildman–Crippen LogP) is 3.93. The van der Waals surface area contributed by atoms with Crippen molar-refractivity contribution >= 4 is 5.97 Å². The van der Waals surface area contributed by atoms with E-state index in [2.05, 4.69) is 19.1 Å². The second-order valence-corrected chi connectivity index (χ2v) is 8.74. The Morgan fingerprint density at radius 3 is 2.73 bits per heavy atom. The molecule has 26 heavy (non-hydrogen) atoms. The molecule has 0 amide bonds. The van der Waals surface area contributed by atoms with Crippen LogP contribution in [0.25, 0.3) is 0 Å². The summed E-state index contributed by atoms with van der Waals surface area (Å²) in [6.07, 6.45) is 13.8.